The summed E-state index contributed by atoms with van der Waals surface area (Å²) in [5.41, 5.74) is -0.443. The Labute approximate surface area is 196 Å². The molecule has 0 heterocycles. The van der Waals surface area contributed by atoms with Crippen LogP contribution in [0.5, 0.6) is 17.2 Å². The Morgan fingerprint density at radius 2 is 1.26 bits per heavy atom. The van der Waals surface area contributed by atoms with Gasteiger partial charge in [-0.05, 0) is 36.4 Å². The number of phenols is 1. The molecule has 0 bridgehead atoms. The highest BCUT2D eigenvalue weighted by molar-refractivity contribution is 5.79. The van der Waals surface area contributed by atoms with Gasteiger partial charge in [0.05, 0.1) is 5.56 Å². The van der Waals surface area contributed by atoms with E-state index in [4.69, 9.17) is 14.6 Å². The average molecular weight is 506 g/mol. The first kappa shape index (κ1) is 29.3. The zero-order chi connectivity index (χ0) is 26.4. The van der Waals surface area contributed by atoms with Gasteiger partial charge in [0.1, 0.15) is 17.2 Å². The molecule has 35 heavy (non-hydrogen) atoms. The first-order valence-corrected chi connectivity index (χ1v) is 9.40. The molecule has 0 saturated carbocycles. The summed E-state index contributed by atoms with van der Waals surface area (Å²) < 4.78 is 93.4. The molecule has 0 spiro atoms. The third-order valence-corrected chi connectivity index (χ3v) is 3.68. The fourth-order valence-electron chi connectivity index (χ4n) is 2.09. The highest BCUT2D eigenvalue weighted by Gasteiger charge is 2.13. The molecule has 0 radical (unpaired) electrons. The average Bonchev–Trinajstić information content (AvgIpc) is 2.84. The number of carbonyl (C=O) groups excluding carboxylic acids is 1. The van der Waals surface area contributed by atoms with Gasteiger partial charge < -0.3 is 24.1 Å². The van der Waals surface area contributed by atoms with E-state index in [1.807, 2.05) is 0 Å². The predicted molar refractivity (Wildman–Crippen MR) is 111 cm³/mol. The lowest BCUT2D eigenvalue weighted by atomic mass is 10.2. The molecule has 190 valence electrons. The third kappa shape index (κ3) is 9.94. The van der Waals surface area contributed by atoms with Crippen molar-refractivity contribution in [2.45, 2.75) is 0 Å². The molecule has 0 saturated heterocycles. The molecule has 0 atom stereocenters. The highest BCUT2D eigenvalue weighted by Crippen LogP contribution is 2.22. The van der Waals surface area contributed by atoms with Gasteiger partial charge in [0.15, 0.2) is 54.8 Å². The number of carbonyl (C=O) groups is 1. The van der Waals surface area contributed by atoms with Crippen LogP contribution in [0.3, 0.4) is 0 Å². The molecule has 1 N–H and O–H groups in total. The number of rotatable bonds is 7. The van der Waals surface area contributed by atoms with E-state index < -0.39 is 40.5 Å². The number of aromatic hydroxyl groups is 1. The zero-order valence-corrected chi connectivity index (χ0v) is 18.4. The second-order valence-corrected chi connectivity index (χ2v) is 6.17. The number of hydrogen-bond donors (Lipinski definition) is 1. The summed E-state index contributed by atoms with van der Waals surface area (Å²) in [5.74, 6) is -6.16. The zero-order valence-electron chi connectivity index (χ0n) is 18.4. The van der Waals surface area contributed by atoms with E-state index >= 15 is 0 Å². The minimum Gasteiger partial charge on any atom is -0.508 e. The fourth-order valence-corrected chi connectivity index (χ4v) is 2.09. The van der Waals surface area contributed by atoms with Crippen LogP contribution in [0, 0.1) is 34.9 Å². The lowest BCUT2D eigenvalue weighted by Gasteiger charge is -2.07. The topological polar surface area (TPSA) is 74.2 Å². The molecular formula is C23H20F6O6. The second-order valence-electron chi connectivity index (χ2n) is 6.17. The van der Waals surface area contributed by atoms with Crippen molar-refractivity contribution in [1.29, 1.82) is 0 Å². The van der Waals surface area contributed by atoms with E-state index in [0.29, 0.717) is 0 Å². The van der Waals surface area contributed by atoms with E-state index in [1.165, 1.54) is 26.4 Å². The van der Waals surface area contributed by atoms with E-state index in [9.17, 15) is 31.1 Å². The van der Waals surface area contributed by atoms with Crippen molar-refractivity contribution in [3.63, 3.8) is 0 Å². The number of hydrogen-bond acceptors (Lipinski definition) is 6. The van der Waals surface area contributed by atoms with Crippen LogP contribution in [0.1, 0.15) is 10.4 Å². The van der Waals surface area contributed by atoms with Gasteiger partial charge in [-0.3, -0.25) is 4.79 Å². The molecule has 0 aromatic heterocycles. The van der Waals surface area contributed by atoms with E-state index in [0.717, 1.165) is 36.4 Å². The van der Waals surface area contributed by atoms with E-state index in [-0.39, 0.29) is 37.1 Å². The van der Waals surface area contributed by atoms with Crippen LogP contribution >= 0.6 is 0 Å². The van der Waals surface area contributed by atoms with Crippen molar-refractivity contribution < 1.29 is 55.2 Å². The minimum atomic E-state index is -1.21. The van der Waals surface area contributed by atoms with Gasteiger partial charge >= 0.3 is 0 Å². The predicted octanol–water partition coefficient (Wildman–Crippen LogP) is 5.38. The number of halogens is 6. The van der Waals surface area contributed by atoms with Gasteiger partial charge in [-0.15, -0.1) is 0 Å². The maximum atomic E-state index is 13.0. The van der Waals surface area contributed by atoms with Crippen molar-refractivity contribution >= 4 is 6.29 Å². The van der Waals surface area contributed by atoms with Crippen LogP contribution in [-0.4, -0.2) is 39.2 Å². The van der Waals surface area contributed by atoms with Gasteiger partial charge in [0.2, 0.25) is 0 Å². The van der Waals surface area contributed by atoms with Crippen LogP contribution in [0.2, 0.25) is 0 Å². The van der Waals surface area contributed by atoms with Crippen LogP contribution in [0.25, 0.3) is 0 Å². The molecule has 0 aliphatic heterocycles. The molecule has 0 aliphatic rings. The number of phenolic OH excluding ortho intramolecular Hbond substituents is 1. The van der Waals surface area contributed by atoms with Crippen molar-refractivity contribution in [2.24, 2.45) is 0 Å². The van der Waals surface area contributed by atoms with Gasteiger partial charge in [-0.1, -0.05) is 0 Å². The van der Waals surface area contributed by atoms with Crippen LogP contribution in [0.15, 0.2) is 48.5 Å². The van der Waals surface area contributed by atoms with Crippen molar-refractivity contribution in [2.75, 3.05) is 27.8 Å². The highest BCUT2D eigenvalue weighted by atomic mass is 19.2. The number of benzene rings is 3. The summed E-state index contributed by atoms with van der Waals surface area (Å²) in [7, 11) is 2.82. The lowest BCUT2D eigenvalue weighted by Crippen LogP contribution is -2.04. The summed E-state index contributed by atoms with van der Waals surface area (Å²) in [6, 6.07) is 8.01. The maximum absolute atomic E-state index is 13.0. The Morgan fingerprint density at radius 3 is 1.77 bits per heavy atom. The van der Waals surface area contributed by atoms with Gasteiger partial charge in [0, 0.05) is 26.4 Å². The summed E-state index contributed by atoms with van der Waals surface area (Å²) >= 11 is 0. The first-order chi connectivity index (χ1) is 16.6. The smallest absolute Gasteiger partial charge is 0.188 e. The van der Waals surface area contributed by atoms with Crippen molar-refractivity contribution in [3.05, 3.63) is 89.0 Å². The van der Waals surface area contributed by atoms with E-state index in [2.05, 4.69) is 9.47 Å². The van der Waals surface area contributed by atoms with Crippen molar-refractivity contribution in [1.82, 2.24) is 0 Å². The molecule has 0 unspecified atom stereocenters. The Morgan fingerprint density at radius 1 is 0.714 bits per heavy atom. The standard InChI is InChI=1S/C9H8F2O3.C8H8F2O2.C6H4F2O/c1-13-5-14-8-3-2-7(10)9(11)6(8)4-12;1-11-5-12-6-2-3-7(9)8(10)4-6;7-5-2-1-4(9)3-6(5)8/h2-4H,5H2,1H3;2-4H,5H2,1H3;1-3,9H. The Hall–Kier alpha value is -3.77. The SMILES string of the molecule is COCOc1ccc(F)c(F)c1.COCOc1ccc(F)c(F)c1C=O.Oc1ccc(F)c(F)c1. The van der Waals surface area contributed by atoms with Crippen LogP contribution < -0.4 is 9.47 Å². The molecule has 3 aromatic carbocycles. The first-order valence-electron chi connectivity index (χ1n) is 9.40. The number of ether oxygens (including phenoxy) is 4. The van der Waals surface area contributed by atoms with Crippen LogP contribution in [0.4, 0.5) is 26.3 Å². The molecular weight excluding hydrogens is 486 g/mol. The quantitative estimate of drug-likeness (QED) is 0.264. The molecule has 3 rings (SSSR count). The molecule has 12 heteroatoms. The normalized spacial score (nSPS) is 9.83. The Kier molecular flexibility index (Phi) is 12.7. The van der Waals surface area contributed by atoms with Crippen LogP contribution in [-0.2, 0) is 9.47 Å². The molecule has 6 nitrogen and oxygen atoms in total. The molecule has 0 aliphatic carbocycles. The Balaban J connectivity index is 0.000000269. The van der Waals surface area contributed by atoms with Gasteiger partial charge in [0.25, 0.3) is 0 Å². The monoisotopic (exact) mass is 506 g/mol. The lowest BCUT2D eigenvalue weighted by molar-refractivity contribution is 0.0501. The minimum absolute atomic E-state index is 0.0189. The summed E-state index contributed by atoms with van der Waals surface area (Å²) in [5, 5.41) is 8.53. The summed E-state index contributed by atoms with van der Waals surface area (Å²) in [6.07, 6.45) is 0.198. The Bertz CT molecular complexity index is 1100. The number of aldehydes is 1. The maximum Gasteiger partial charge on any atom is 0.188 e. The van der Waals surface area contributed by atoms with E-state index in [1.54, 1.807) is 0 Å². The largest absolute Gasteiger partial charge is 0.508 e. The second kappa shape index (κ2) is 15.2. The molecule has 0 amide bonds. The third-order valence-electron chi connectivity index (χ3n) is 3.68. The van der Waals surface area contributed by atoms with Gasteiger partial charge in [-0.2, -0.15) is 0 Å². The fraction of sp³-hybridized carbons (Fsp3) is 0.174. The molecule has 0 fully saturated rings. The van der Waals surface area contributed by atoms with Gasteiger partial charge in [-0.25, -0.2) is 26.3 Å². The number of methoxy groups -OCH3 is 2. The molecule has 3 aromatic rings. The summed E-state index contributed by atoms with van der Waals surface area (Å²) in [4.78, 5) is 10.4. The summed E-state index contributed by atoms with van der Waals surface area (Å²) in [6.45, 7) is -0.114. The van der Waals surface area contributed by atoms with Crippen molar-refractivity contribution in [3.8, 4) is 17.2 Å².